The van der Waals surface area contributed by atoms with Crippen LogP contribution in [-0.2, 0) is 20.9 Å². The molecule has 0 unspecified atom stereocenters. The fourth-order valence-electron chi connectivity index (χ4n) is 2.93. The van der Waals surface area contributed by atoms with Crippen LogP contribution in [-0.4, -0.2) is 41.0 Å². The maximum absolute atomic E-state index is 12.0. The first kappa shape index (κ1) is 14.2. The van der Waals surface area contributed by atoms with E-state index in [9.17, 15) is 9.90 Å². The lowest BCUT2D eigenvalue weighted by atomic mass is 9.93. The maximum atomic E-state index is 12.0. The molecule has 0 bridgehead atoms. The van der Waals surface area contributed by atoms with Crippen molar-refractivity contribution in [2.45, 2.75) is 31.7 Å². The average molecular weight is 389 g/mol. The zero-order valence-corrected chi connectivity index (χ0v) is 13.2. The predicted octanol–water partition coefficient (Wildman–Crippen LogP) is 1.33. The molecule has 3 rings (SSSR count). The summed E-state index contributed by atoms with van der Waals surface area (Å²) in [7, 11) is 0. The zero-order chi connectivity index (χ0) is 14.3. The Balaban J connectivity index is 1.80. The van der Waals surface area contributed by atoms with Gasteiger partial charge in [-0.2, -0.15) is 5.06 Å². The van der Waals surface area contributed by atoms with Gasteiger partial charge < -0.3 is 9.84 Å². The number of ether oxygens (including phenoxy) is 1. The summed E-state index contributed by atoms with van der Waals surface area (Å²) in [5.74, 6) is -0.361. The molecule has 2 fully saturated rings. The highest BCUT2D eigenvalue weighted by atomic mass is 127. The van der Waals surface area contributed by atoms with E-state index in [0.717, 1.165) is 9.13 Å². The number of hydroxylamine groups is 2. The second-order valence-electron chi connectivity index (χ2n) is 5.19. The third-order valence-corrected chi connectivity index (χ3v) is 4.61. The molecule has 0 aliphatic carbocycles. The zero-order valence-electron chi connectivity index (χ0n) is 11.0. The summed E-state index contributed by atoms with van der Waals surface area (Å²) < 4.78 is 6.44. The molecule has 108 valence electrons. The Kier molecular flexibility index (Phi) is 3.98. The van der Waals surface area contributed by atoms with Crippen molar-refractivity contribution in [1.29, 1.82) is 0 Å². The van der Waals surface area contributed by atoms with E-state index in [4.69, 9.17) is 9.57 Å². The second kappa shape index (κ2) is 5.59. The Morgan fingerprint density at radius 2 is 2.05 bits per heavy atom. The molecule has 1 aromatic carbocycles. The fourth-order valence-corrected chi connectivity index (χ4v) is 3.29. The molecule has 0 aromatic heterocycles. The minimum atomic E-state index is -0.415. The number of aliphatic hydroxyl groups is 1. The van der Waals surface area contributed by atoms with Crippen LogP contribution >= 0.6 is 22.6 Å². The number of nitrogens with zero attached hydrogens (tertiary/aromatic N) is 1. The number of esters is 1. The number of carbonyl (C=O) groups excluding carboxylic acids is 1. The van der Waals surface area contributed by atoms with Crippen LogP contribution in [0.5, 0.6) is 0 Å². The highest BCUT2D eigenvalue weighted by Crippen LogP contribution is 2.38. The molecule has 6 heteroatoms. The molecule has 0 saturated carbocycles. The summed E-state index contributed by atoms with van der Waals surface area (Å²) >= 11 is 2.25. The van der Waals surface area contributed by atoms with Gasteiger partial charge in [0.15, 0.2) is 0 Å². The molecule has 5 nitrogen and oxygen atoms in total. The van der Waals surface area contributed by atoms with E-state index >= 15 is 0 Å². The van der Waals surface area contributed by atoms with Gasteiger partial charge in [0.25, 0.3) is 0 Å². The SMILES string of the molecule is C[C@H]1OC(=O)[C@H]2[C@@H]1[C@@H](CO)ON2Cc1ccc(I)cc1. The summed E-state index contributed by atoms with van der Waals surface area (Å²) in [6.45, 7) is 2.25. The van der Waals surface area contributed by atoms with Crippen LogP contribution in [0, 0.1) is 9.49 Å². The minimum Gasteiger partial charge on any atom is -0.461 e. The van der Waals surface area contributed by atoms with Crippen LogP contribution in [0.25, 0.3) is 0 Å². The Morgan fingerprint density at radius 1 is 1.35 bits per heavy atom. The van der Waals surface area contributed by atoms with Crippen molar-refractivity contribution in [2.75, 3.05) is 6.61 Å². The summed E-state index contributed by atoms with van der Waals surface area (Å²) in [4.78, 5) is 17.7. The lowest BCUT2D eigenvalue weighted by Crippen LogP contribution is -2.35. The number of halogens is 1. The summed E-state index contributed by atoms with van der Waals surface area (Å²) in [6.07, 6.45) is -0.586. The van der Waals surface area contributed by atoms with Crippen molar-refractivity contribution in [1.82, 2.24) is 5.06 Å². The molecular formula is C14H16INO4. The van der Waals surface area contributed by atoms with Crippen molar-refractivity contribution >= 4 is 28.6 Å². The maximum Gasteiger partial charge on any atom is 0.326 e. The molecule has 20 heavy (non-hydrogen) atoms. The minimum absolute atomic E-state index is 0.101. The Labute approximate surface area is 130 Å². The van der Waals surface area contributed by atoms with Crippen LogP contribution in [0.15, 0.2) is 24.3 Å². The molecule has 0 radical (unpaired) electrons. The van der Waals surface area contributed by atoms with Crippen molar-refractivity contribution in [3.05, 3.63) is 33.4 Å². The Bertz CT molecular complexity index is 506. The van der Waals surface area contributed by atoms with Crippen molar-refractivity contribution < 1.29 is 19.5 Å². The highest BCUT2D eigenvalue weighted by Gasteiger charge is 2.55. The van der Waals surface area contributed by atoms with E-state index in [-0.39, 0.29) is 30.7 Å². The number of aliphatic hydroxyl groups excluding tert-OH is 1. The topological polar surface area (TPSA) is 59.0 Å². The highest BCUT2D eigenvalue weighted by molar-refractivity contribution is 14.1. The predicted molar refractivity (Wildman–Crippen MR) is 79.5 cm³/mol. The van der Waals surface area contributed by atoms with Gasteiger partial charge >= 0.3 is 5.97 Å². The van der Waals surface area contributed by atoms with Crippen LogP contribution in [0.2, 0.25) is 0 Å². The van der Waals surface area contributed by atoms with Gasteiger partial charge in [0, 0.05) is 3.57 Å². The molecule has 2 aliphatic rings. The standard InChI is InChI=1S/C14H16INO4/c1-8-12-11(7-17)20-16(13(12)14(18)19-8)6-9-2-4-10(15)5-3-9/h2-5,8,11-13,17H,6-7H2,1H3/t8-,11-,12+,13-/m1/s1. The molecular weight excluding hydrogens is 373 g/mol. The average Bonchev–Trinajstić information content (AvgIpc) is 2.93. The quantitative estimate of drug-likeness (QED) is 0.625. The van der Waals surface area contributed by atoms with Crippen LogP contribution in [0.3, 0.4) is 0 Å². The number of fused-ring (bicyclic) bond motifs is 1. The molecule has 0 amide bonds. The molecule has 0 spiro atoms. The first-order valence-electron chi connectivity index (χ1n) is 6.59. The number of benzene rings is 1. The van der Waals surface area contributed by atoms with Crippen molar-refractivity contribution in [3.63, 3.8) is 0 Å². The number of hydrogen-bond acceptors (Lipinski definition) is 5. The molecule has 1 aromatic rings. The smallest absolute Gasteiger partial charge is 0.326 e. The van der Waals surface area contributed by atoms with E-state index in [1.165, 1.54) is 0 Å². The van der Waals surface area contributed by atoms with E-state index in [0.29, 0.717) is 6.54 Å². The van der Waals surface area contributed by atoms with E-state index in [1.54, 1.807) is 5.06 Å². The first-order valence-corrected chi connectivity index (χ1v) is 7.67. The molecule has 4 atom stereocenters. The lowest BCUT2D eigenvalue weighted by molar-refractivity contribution is -0.195. The van der Waals surface area contributed by atoms with Gasteiger partial charge in [-0.1, -0.05) is 12.1 Å². The molecule has 2 heterocycles. The number of rotatable bonds is 3. The molecule has 1 N–H and O–H groups in total. The summed E-state index contributed by atoms with van der Waals surface area (Å²) in [5.41, 5.74) is 1.06. The fraction of sp³-hybridized carbons (Fsp3) is 0.500. The van der Waals surface area contributed by atoms with Crippen LogP contribution in [0.1, 0.15) is 12.5 Å². The van der Waals surface area contributed by atoms with Gasteiger partial charge in [-0.05, 0) is 47.2 Å². The molecule has 2 saturated heterocycles. The van der Waals surface area contributed by atoms with Gasteiger partial charge in [0.1, 0.15) is 18.2 Å². The van der Waals surface area contributed by atoms with Gasteiger partial charge in [0.2, 0.25) is 0 Å². The second-order valence-corrected chi connectivity index (χ2v) is 6.44. The van der Waals surface area contributed by atoms with Gasteiger partial charge in [-0.25, -0.2) is 0 Å². The third-order valence-electron chi connectivity index (χ3n) is 3.89. The monoisotopic (exact) mass is 389 g/mol. The van der Waals surface area contributed by atoms with Crippen LogP contribution in [0.4, 0.5) is 0 Å². The normalized spacial score (nSPS) is 33.2. The lowest BCUT2D eigenvalue weighted by Gasteiger charge is -2.20. The van der Waals surface area contributed by atoms with Crippen LogP contribution < -0.4 is 0 Å². The first-order chi connectivity index (χ1) is 9.60. The van der Waals surface area contributed by atoms with Crippen molar-refractivity contribution in [2.24, 2.45) is 5.92 Å². The summed E-state index contributed by atoms with van der Waals surface area (Å²) in [6, 6.07) is 7.64. The number of carbonyl (C=O) groups is 1. The summed E-state index contributed by atoms with van der Waals surface area (Å²) in [5, 5.41) is 11.1. The molecule has 2 aliphatic heterocycles. The van der Waals surface area contributed by atoms with Gasteiger partial charge in [0.05, 0.1) is 19.1 Å². The van der Waals surface area contributed by atoms with Crippen molar-refractivity contribution in [3.8, 4) is 0 Å². The number of cyclic esters (lactones) is 1. The van der Waals surface area contributed by atoms with Gasteiger partial charge in [-0.15, -0.1) is 0 Å². The third kappa shape index (κ3) is 2.45. The largest absolute Gasteiger partial charge is 0.461 e. The Hall–Kier alpha value is -0.700. The number of hydrogen-bond donors (Lipinski definition) is 1. The van der Waals surface area contributed by atoms with E-state index in [2.05, 4.69) is 22.6 Å². The van der Waals surface area contributed by atoms with E-state index < -0.39 is 6.04 Å². The van der Waals surface area contributed by atoms with Gasteiger partial charge in [-0.3, -0.25) is 9.63 Å². The Morgan fingerprint density at radius 3 is 2.70 bits per heavy atom. The van der Waals surface area contributed by atoms with E-state index in [1.807, 2.05) is 31.2 Å².